The summed E-state index contributed by atoms with van der Waals surface area (Å²) in [5, 5.41) is 10.5. The van der Waals surface area contributed by atoms with Crippen LogP contribution in [-0.4, -0.2) is 33.5 Å². The van der Waals surface area contributed by atoms with Crippen molar-refractivity contribution >= 4 is 11.9 Å². The fourth-order valence-corrected chi connectivity index (χ4v) is 0.756. The molecule has 0 fully saturated rings. The monoisotopic (exact) mass is 195 g/mol. The molecule has 1 rings (SSSR count). The van der Waals surface area contributed by atoms with E-state index >= 15 is 0 Å². The first-order chi connectivity index (χ1) is 6.59. The second kappa shape index (κ2) is 4.31. The minimum Gasteiger partial charge on any atom is -0.480 e. The molecule has 1 heterocycles. The molecule has 0 radical (unpaired) electrons. The zero-order valence-electron chi connectivity index (χ0n) is 7.52. The summed E-state index contributed by atoms with van der Waals surface area (Å²) >= 11 is 0. The smallest absolute Gasteiger partial charge is 0.322 e. The first-order valence-corrected chi connectivity index (χ1v) is 3.88. The van der Waals surface area contributed by atoms with Crippen LogP contribution in [0.15, 0.2) is 12.4 Å². The van der Waals surface area contributed by atoms with Crippen molar-refractivity contribution < 1.29 is 14.7 Å². The van der Waals surface area contributed by atoms with E-state index in [-0.39, 0.29) is 5.69 Å². The summed E-state index contributed by atoms with van der Waals surface area (Å²) < 4.78 is 0. The molecule has 6 heteroatoms. The van der Waals surface area contributed by atoms with E-state index in [2.05, 4.69) is 15.3 Å². The topological polar surface area (TPSA) is 92.2 Å². The van der Waals surface area contributed by atoms with Crippen LogP contribution in [0, 0.1) is 6.92 Å². The largest absolute Gasteiger partial charge is 0.480 e. The van der Waals surface area contributed by atoms with Crippen molar-refractivity contribution in [3.05, 3.63) is 23.8 Å². The number of aryl methyl sites for hydroxylation is 1. The SMILES string of the molecule is Cc1cnc(C(=O)NCC(=O)O)cn1. The number of rotatable bonds is 3. The van der Waals surface area contributed by atoms with Gasteiger partial charge in [0.05, 0.1) is 11.9 Å². The minimum atomic E-state index is -1.10. The maximum Gasteiger partial charge on any atom is 0.322 e. The van der Waals surface area contributed by atoms with Crippen LogP contribution >= 0.6 is 0 Å². The van der Waals surface area contributed by atoms with Gasteiger partial charge in [0.25, 0.3) is 5.91 Å². The van der Waals surface area contributed by atoms with E-state index in [9.17, 15) is 9.59 Å². The Kier molecular flexibility index (Phi) is 3.11. The zero-order chi connectivity index (χ0) is 10.6. The molecule has 14 heavy (non-hydrogen) atoms. The predicted octanol–water partition coefficient (Wildman–Crippen LogP) is -0.401. The molecular formula is C8H9N3O3. The molecule has 1 aromatic rings. The fraction of sp³-hybridized carbons (Fsp3) is 0.250. The Labute approximate surface area is 80.0 Å². The van der Waals surface area contributed by atoms with Crippen molar-refractivity contribution in [2.45, 2.75) is 6.92 Å². The lowest BCUT2D eigenvalue weighted by atomic mass is 10.4. The molecule has 0 atom stereocenters. The first-order valence-electron chi connectivity index (χ1n) is 3.88. The lowest BCUT2D eigenvalue weighted by Crippen LogP contribution is -2.29. The van der Waals surface area contributed by atoms with Gasteiger partial charge in [-0.2, -0.15) is 0 Å². The molecule has 0 aliphatic rings. The van der Waals surface area contributed by atoms with E-state index < -0.39 is 18.4 Å². The number of carboxylic acid groups (broad SMARTS) is 1. The summed E-state index contributed by atoms with van der Waals surface area (Å²) in [7, 11) is 0. The van der Waals surface area contributed by atoms with Gasteiger partial charge in [-0.1, -0.05) is 0 Å². The Morgan fingerprint density at radius 2 is 2.14 bits per heavy atom. The van der Waals surface area contributed by atoms with Gasteiger partial charge in [-0.15, -0.1) is 0 Å². The number of hydrogen-bond acceptors (Lipinski definition) is 4. The van der Waals surface area contributed by atoms with Crippen molar-refractivity contribution in [3.63, 3.8) is 0 Å². The van der Waals surface area contributed by atoms with Crippen LogP contribution < -0.4 is 5.32 Å². The van der Waals surface area contributed by atoms with Gasteiger partial charge in [0.2, 0.25) is 0 Å². The molecular weight excluding hydrogens is 186 g/mol. The summed E-state index contributed by atoms with van der Waals surface area (Å²) in [5.74, 6) is -1.64. The van der Waals surface area contributed by atoms with Gasteiger partial charge in [-0.05, 0) is 6.92 Å². The van der Waals surface area contributed by atoms with Crippen LogP contribution in [0.3, 0.4) is 0 Å². The lowest BCUT2D eigenvalue weighted by molar-refractivity contribution is -0.135. The molecule has 0 unspecified atom stereocenters. The third-order valence-electron chi connectivity index (χ3n) is 1.41. The highest BCUT2D eigenvalue weighted by Crippen LogP contribution is 1.93. The quantitative estimate of drug-likeness (QED) is 0.684. The summed E-state index contributed by atoms with van der Waals surface area (Å²) in [6, 6.07) is 0. The Morgan fingerprint density at radius 1 is 1.43 bits per heavy atom. The average Bonchev–Trinajstić information content (AvgIpc) is 2.15. The molecule has 0 bridgehead atoms. The molecule has 0 saturated heterocycles. The molecule has 74 valence electrons. The van der Waals surface area contributed by atoms with Crippen molar-refractivity contribution in [1.29, 1.82) is 0 Å². The Bertz CT molecular complexity index is 347. The molecule has 2 N–H and O–H groups in total. The number of aromatic nitrogens is 2. The van der Waals surface area contributed by atoms with Crippen LogP contribution in [0.25, 0.3) is 0 Å². The summed E-state index contributed by atoms with van der Waals surface area (Å²) in [6.07, 6.45) is 2.74. The molecule has 0 saturated carbocycles. The molecule has 6 nitrogen and oxygen atoms in total. The van der Waals surface area contributed by atoms with Gasteiger partial charge in [-0.25, -0.2) is 4.98 Å². The predicted molar refractivity (Wildman–Crippen MR) is 46.7 cm³/mol. The van der Waals surface area contributed by atoms with E-state index in [0.29, 0.717) is 5.69 Å². The summed E-state index contributed by atoms with van der Waals surface area (Å²) in [4.78, 5) is 29.0. The maximum absolute atomic E-state index is 11.2. The van der Waals surface area contributed by atoms with Crippen LogP contribution in [-0.2, 0) is 4.79 Å². The van der Waals surface area contributed by atoms with E-state index in [1.807, 2.05) is 0 Å². The number of hydrogen-bond donors (Lipinski definition) is 2. The standard InChI is InChI=1S/C8H9N3O3/c1-5-2-10-6(3-9-5)8(14)11-4-7(12)13/h2-3H,4H2,1H3,(H,11,14)(H,12,13). The van der Waals surface area contributed by atoms with E-state index in [0.717, 1.165) is 0 Å². The van der Waals surface area contributed by atoms with Gasteiger partial charge in [0.1, 0.15) is 12.2 Å². The molecule has 0 aromatic carbocycles. The third-order valence-corrected chi connectivity index (χ3v) is 1.41. The second-order valence-corrected chi connectivity index (χ2v) is 2.62. The Balaban J connectivity index is 2.61. The maximum atomic E-state index is 11.2. The van der Waals surface area contributed by atoms with E-state index in [1.54, 1.807) is 6.92 Å². The van der Waals surface area contributed by atoms with Crippen molar-refractivity contribution in [2.24, 2.45) is 0 Å². The number of amides is 1. The van der Waals surface area contributed by atoms with Gasteiger partial charge >= 0.3 is 5.97 Å². The third kappa shape index (κ3) is 2.81. The normalized spacial score (nSPS) is 9.50. The summed E-state index contributed by atoms with van der Waals surface area (Å²) in [5.41, 5.74) is 0.802. The van der Waals surface area contributed by atoms with Gasteiger partial charge in [0.15, 0.2) is 0 Å². The Morgan fingerprint density at radius 3 is 2.64 bits per heavy atom. The van der Waals surface area contributed by atoms with Crippen LogP contribution in [0.4, 0.5) is 0 Å². The van der Waals surface area contributed by atoms with Gasteiger partial charge in [-0.3, -0.25) is 14.6 Å². The molecule has 0 aliphatic carbocycles. The number of aliphatic carboxylic acids is 1. The van der Waals surface area contributed by atoms with Gasteiger partial charge < -0.3 is 10.4 Å². The van der Waals surface area contributed by atoms with Crippen molar-refractivity contribution in [2.75, 3.05) is 6.54 Å². The van der Waals surface area contributed by atoms with Crippen LogP contribution in [0.1, 0.15) is 16.2 Å². The number of carboxylic acids is 1. The van der Waals surface area contributed by atoms with Gasteiger partial charge in [0, 0.05) is 6.20 Å². The fourth-order valence-electron chi connectivity index (χ4n) is 0.756. The number of nitrogens with zero attached hydrogens (tertiary/aromatic N) is 2. The lowest BCUT2D eigenvalue weighted by Gasteiger charge is -2.00. The Hall–Kier alpha value is -1.98. The van der Waals surface area contributed by atoms with Crippen molar-refractivity contribution in [3.8, 4) is 0 Å². The molecule has 0 aliphatic heterocycles. The average molecular weight is 195 g/mol. The summed E-state index contributed by atoms with van der Waals surface area (Å²) in [6.45, 7) is 1.32. The van der Waals surface area contributed by atoms with Crippen LogP contribution in [0.2, 0.25) is 0 Å². The van der Waals surface area contributed by atoms with E-state index in [1.165, 1.54) is 12.4 Å². The highest BCUT2D eigenvalue weighted by atomic mass is 16.4. The second-order valence-electron chi connectivity index (χ2n) is 2.62. The molecule has 0 spiro atoms. The van der Waals surface area contributed by atoms with Crippen LogP contribution in [0.5, 0.6) is 0 Å². The number of nitrogens with one attached hydrogen (secondary N) is 1. The highest BCUT2D eigenvalue weighted by molar-refractivity contribution is 5.93. The molecule has 1 aromatic heterocycles. The van der Waals surface area contributed by atoms with E-state index in [4.69, 9.17) is 5.11 Å². The minimum absolute atomic E-state index is 0.108. The zero-order valence-corrected chi connectivity index (χ0v) is 7.52. The highest BCUT2D eigenvalue weighted by Gasteiger charge is 2.07. The molecule has 1 amide bonds. The van der Waals surface area contributed by atoms with Crippen molar-refractivity contribution in [1.82, 2.24) is 15.3 Å². The first kappa shape index (κ1) is 10.1. The number of carbonyl (C=O) groups is 2. The number of carbonyl (C=O) groups excluding carboxylic acids is 1.